The van der Waals surface area contributed by atoms with Crippen LogP contribution in [0.1, 0.15) is 12.0 Å². The minimum absolute atomic E-state index is 0.111. The first-order valence-electron chi connectivity index (χ1n) is 6.86. The predicted octanol–water partition coefficient (Wildman–Crippen LogP) is 1.25. The molecule has 1 N–H and O–H groups in total. The van der Waals surface area contributed by atoms with Gasteiger partial charge < -0.3 is 15.1 Å². The fraction of sp³-hybridized carbons (Fsp3) is 0.533. The summed E-state index contributed by atoms with van der Waals surface area (Å²) in [5.41, 5.74) is 2.38. The number of anilines is 1. The maximum Gasteiger partial charge on any atom is 0.246 e. The number of carbonyl (C=O) groups is 1. The molecule has 1 amide bonds. The van der Waals surface area contributed by atoms with Crippen molar-refractivity contribution in [3.63, 3.8) is 0 Å². The third-order valence-electron chi connectivity index (χ3n) is 3.69. The maximum atomic E-state index is 12.4. The largest absolute Gasteiger partial charge is 0.358 e. The number of benzene rings is 1. The van der Waals surface area contributed by atoms with E-state index in [2.05, 4.69) is 41.4 Å². The van der Waals surface area contributed by atoms with Crippen molar-refractivity contribution in [1.29, 1.82) is 0 Å². The van der Waals surface area contributed by atoms with Crippen molar-refractivity contribution >= 4 is 11.6 Å². The van der Waals surface area contributed by atoms with Crippen LogP contribution < -0.4 is 10.2 Å². The normalized spacial score (nSPS) is 20.6. The van der Waals surface area contributed by atoms with E-state index in [0.29, 0.717) is 6.54 Å². The highest BCUT2D eigenvalue weighted by Crippen LogP contribution is 2.21. The Hall–Kier alpha value is -1.55. The van der Waals surface area contributed by atoms with Gasteiger partial charge in [0.15, 0.2) is 0 Å². The van der Waals surface area contributed by atoms with Gasteiger partial charge >= 0.3 is 0 Å². The van der Waals surface area contributed by atoms with Gasteiger partial charge in [-0.25, -0.2) is 0 Å². The third kappa shape index (κ3) is 3.07. The quantitative estimate of drug-likeness (QED) is 0.889. The second-order valence-electron chi connectivity index (χ2n) is 5.22. The molecule has 0 saturated carbocycles. The summed E-state index contributed by atoms with van der Waals surface area (Å²) in [6.07, 6.45) is 1.01. The van der Waals surface area contributed by atoms with Crippen molar-refractivity contribution in [3.05, 3.63) is 29.8 Å². The monoisotopic (exact) mass is 261 g/mol. The topological polar surface area (TPSA) is 35.6 Å². The predicted molar refractivity (Wildman–Crippen MR) is 78.5 cm³/mol. The Morgan fingerprint density at radius 3 is 2.58 bits per heavy atom. The zero-order valence-electron chi connectivity index (χ0n) is 12.0. The molecule has 1 heterocycles. The van der Waals surface area contributed by atoms with Gasteiger partial charge in [-0.15, -0.1) is 0 Å². The van der Waals surface area contributed by atoms with Crippen molar-refractivity contribution < 1.29 is 4.79 Å². The molecule has 0 aliphatic carbocycles. The first kappa shape index (κ1) is 13.9. The molecule has 1 fully saturated rings. The van der Waals surface area contributed by atoms with Crippen LogP contribution in [0.3, 0.4) is 0 Å². The van der Waals surface area contributed by atoms with E-state index in [0.717, 1.165) is 25.2 Å². The van der Waals surface area contributed by atoms with Crippen LogP contribution in [0.25, 0.3) is 0 Å². The summed E-state index contributed by atoms with van der Waals surface area (Å²) in [6, 6.07) is 8.31. The Morgan fingerprint density at radius 1 is 1.26 bits per heavy atom. The Morgan fingerprint density at radius 2 is 1.95 bits per heavy atom. The van der Waals surface area contributed by atoms with Crippen LogP contribution in [0.4, 0.5) is 5.69 Å². The first-order chi connectivity index (χ1) is 9.13. The van der Waals surface area contributed by atoms with Crippen LogP contribution in [-0.2, 0) is 4.79 Å². The first-order valence-corrected chi connectivity index (χ1v) is 6.86. The third-order valence-corrected chi connectivity index (χ3v) is 3.69. The molecule has 1 unspecified atom stereocenters. The van der Waals surface area contributed by atoms with Crippen LogP contribution in [0.2, 0.25) is 0 Å². The molecule has 0 radical (unpaired) electrons. The molecule has 0 spiro atoms. The molecular weight excluding hydrogens is 238 g/mol. The number of likely N-dealkylation sites (N-methyl/N-ethyl adjacent to an activating group) is 2. The molecule has 1 aromatic carbocycles. The number of nitrogens with one attached hydrogen (secondary N) is 1. The highest BCUT2D eigenvalue weighted by molar-refractivity contribution is 5.86. The number of rotatable bonds is 3. The summed E-state index contributed by atoms with van der Waals surface area (Å²) >= 11 is 0. The molecule has 1 saturated heterocycles. The van der Waals surface area contributed by atoms with Crippen molar-refractivity contribution in [1.82, 2.24) is 10.2 Å². The molecular formula is C15H23N3O. The van der Waals surface area contributed by atoms with E-state index in [4.69, 9.17) is 0 Å². The maximum absolute atomic E-state index is 12.4. The lowest BCUT2D eigenvalue weighted by Gasteiger charge is -2.31. The van der Waals surface area contributed by atoms with E-state index in [1.807, 2.05) is 19.0 Å². The molecule has 0 bridgehead atoms. The number of nitrogens with zero attached hydrogens (tertiary/aromatic N) is 2. The van der Waals surface area contributed by atoms with Gasteiger partial charge in [0.2, 0.25) is 5.91 Å². The van der Waals surface area contributed by atoms with Crippen molar-refractivity contribution in [3.8, 4) is 0 Å². The van der Waals surface area contributed by atoms with Crippen LogP contribution >= 0.6 is 0 Å². The average molecular weight is 261 g/mol. The SMILES string of the molecule is CNCC1C(=O)N(C)CCCN1c1ccc(C)cc1. The Bertz CT molecular complexity index is 430. The van der Waals surface area contributed by atoms with E-state index >= 15 is 0 Å². The lowest BCUT2D eigenvalue weighted by Crippen LogP contribution is -2.50. The number of hydrogen-bond acceptors (Lipinski definition) is 3. The van der Waals surface area contributed by atoms with Gasteiger partial charge in [0, 0.05) is 32.4 Å². The van der Waals surface area contributed by atoms with Gasteiger partial charge in [-0.3, -0.25) is 4.79 Å². The van der Waals surface area contributed by atoms with E-state index < -0.39 is 0 Å². The Labute approximate surface area is 115 Å². The second-order valence-corrected chi connectivity index (χ2v) is 5.22. The molecule has 4 nitrogen and oxygen atoms in total. The van der Waals surface area contributed by atoms with Gasteiger partial charge in [0.05, 0.1) is 0 Å². The zero-order chi connectivity index (χ0) is 13.8. The lowest BCUT2D eigenvalue weighted by molar-refractivity contribution is -0.130. The minimum Gasteiger partial charge on any atom is -0.358 e. The number of aryl methyl sites for hydroxylation is 1. The van der Waals surface area contributed by atoms with E-state index in [1.54, 1.807) is 0 Å². The van der Waals surface area contributed by atoms with Crippen molar-refractivity contribution in [2.45, 2.75) is 19.4 Å². The molecule has 0 aromatic heterocycles. The van der Waals surface area contributed by atoms with Gasteiger partial charge in [-0.2, -0.15) is 0 Å². The highest BCUT2D eigenvalue weighted by Gasteiger charge is 2.30. The second kappa shape index (κ2) is 6.06. The number of carbonyl (C=O) groups excluding carboxylic acids is 1. The molecule has 1 aromatic rings. The Kier molecular flexibility index (Phi) is 4.43. The summed E-state index contributed by atoms with van der Waals surface area (Å²) in [5, 5.41) is 3.14. The average Bonchev–Trinajstić information content (AvgIpc) is 2.54. The van der Waals surface area contributed by atoms with Crippen LogP contribution in [-0.4, -0.2) is 50.6 Å². The summed E-state index contributed by atoms with van der Waals surface area (Å²) in [6.45, 7) is 4.51. The summed E-state index contributed by atoms with van der Waals surface area (Å²) < 4.78 is 0. The molecule has 4 heteroatoms. The fourth-order valence-electron chi connectivity index (χ4n) is 2.57. The molecule has 1 aliphatic heterocycles. The zero-order valence-corrected chi connectivity index (χ0v) is 12.0. The molecule has 19 heavy (non-hydrogen) atoms. The van der Waals surface area contributed by atoms with Crippen molar-refractivity contribution in [2.75, 3.05) is 38.6 Å². The minimum atomic E-state index is -0.111. The number of hydrogen-bond donors (Lipinski definition) is 1. The number of amides is 1. The summed E-state index contributed by atoms with van der Waals surface area (Å²) in [5.74, 6) is 0.201. The van der Waals surface area contributed by atoms with Gasteiger partial charge in [-0.05, 0) is 32.5 Å². The molecule has 104 valence electrons. The van der Waals surface area contributed by atoms with Crippen LogP contribution in [0, 0.1) is 6.92 Å². The van der Waals surface area contributed by atoms with Gasteiger partial charge in [0.1, 0.15) is 6.04 Å². The molecule has 1 aliphatic rings. The standard InChI is InChI=1S/C15H23N3O/c1-12-5-7-13(8-6-12)18-10-4-9-17(3)15(19)14(18)11-16-2/h5-8,14,16H,4,9-11H2,1-3H3. The summed E-state index contributed by atoms with van der Waals surface area (Å²) in [7, 11) is 3.79. The smallest absolute Gasteiger partial charge is 0.246 e. The fourth-order valence-corrected chi connectivity index (χ4v) is 2.57. The Balaban J connectivity index is 2.28. The van der Waals surface area contributed by atoms with Crippen molar-refractivity contribution in [2.24, 2.45) is 0 Å². The molecule has 1 atom stereocenters. The van der Waals surface area contributed by atoms with E-state index in [1.165, 1.54) is 5.56 Å². The van der Waals surface area contributed by atoms with Crippen LogP contribution in [0.15, 0.2) is 24.3 Å². The summed E-state index contributed by atoms with van der Waals surface area (Å²) in [4.78, 5) is 16.5. The molecule has 2 rings (SSSR count). The van der Waals surface area contributed by atoms with E-state index in [9.17, 15) is 4.79 Å². The van der Waals surface area contributed by atoms with Crippen LogP contribution in [0.5, 0.6) is 0 Å². The lowest BCUT2D eigenvalue weighted by atomic mass is 10.1. The highest BCUT2D eigenvalue weighted by atomic mass is 16.2. The van der Waals surface area contributed by atoms with E-state index in [-0.39, 0.29) is 11.9 Å². The van der Waals surface area contributed by atoms with Gasteiger partial charge in [-0.1, -0.05) is 17.7 Å². The van der Waals surface area contributed by atoms with Gasteiger partial charge in [0.25, 0.3) is 0 Å².